The number of nitrogens with zero attached hydrogens (tertiary/aromatic N) is 3. The molecule has 4 aromatic rings. The lowest BCUT2D eigenvalue weighted by Gasteiger charge is -2.23. The highest BCUT2D eigenvalue weighted by atomic mass is 35.5. The summed E-state index contributed by atoms with van der Waals surface area (Å²) in [5.41, 5.74) is 1.79. The average Bonchev–Trinajstić information content (AvgIpc) is 3.58. The number of halogens is 1. The van der Waals surface area contributed by atoms with Crippen molar-refractivity contribution in [3.8, 4) is 17.2 Å². The van der Waals surface area contributed by atoms with Crippen molar-refractivity contribution >= 4 is 57.3 Å². The molecule has 3 aromatic carbocycles. The van der Waals surface area contributed by atoms with Gasteiger partial charge in [-0.05, 0) is 54.4 Å². The molecule has 12 heteroatoms. The number of thioether (sulfide) groups is 1. The Labute approximate surface area is 254 Å². The molecule has 1 amide bonds. The summed E-state index contributed by atoms with van der Waals surface area (Å²) in [4.78, 5) is 28.4. The van der Waals surface area contributed by atoms with E-state index in [-0.39, 0.29) is 16.5 Å². The van der Waals surface area contributed by atoms with Crippen LogP contribution in [0.15, 0.2) is 76.6 Å². The van der Waals surface area contributed by atoms with Gasteiger partial charge in [-0.2, -0.15) is 0 Å². The summed E-state index contributed by atoms with van der Waals surface area (Å²) in [7, 11) is 0. The van der Waals surface area contributed by atoms with E-state index in [0.717, 1.165) is 5.56 Å². The number of carbonyl (C=O) groups is 2. The summed E-state index contributed by atoms with van der Waals surface area (Å²) in [6, 6.07) is 18.5. The third-order valence-corrected chi connectivity index (χ3v) is 9.15. The van der Waals surface area contributed by atoms with Crippen LogP contribution in [0, 0.1) is 0 Å². The Morgan fingerprint density at radius 1 is 1.07 bits per heavy atom. The molecule has 1 N–H and O–H groups in total. The molecular formula is C30H24ClN3O6S2. The fourth-order valence-electron chi connectivity index (χ4n) is 4.72. The number of anilines is 1. The zero-order valence-electron chi connectivity index (χ0n) is 22.3. The van der Waals surface area contributed by atoms with Crippen LogP contribution in [0.3, 0.4) is 0 Å². The smallest absolute Gasteiger partial charge is 0.301 e. The minimum absolute atomic E-state index is 0.0682. The highest BCUT2D eigenvalue weighted by Crippen LogP contribution is 2.45. The Morgan fingerprint density at radius 2 is 1.83 bits per heavy atom. The molecule has 3 heterocycles. The Kier molecular flexibility index (Phi) is 8.05. The second-order valence-corrected chi connectivity index (χ2v) is 11.8. The zero-order chi connectivity index (χ0) is 29.2. The summed E-state index contributed by atoms with van der Waals surface area (Å²) in [5, 5.41) is 20.9. The van der Waals surface area contributed by atoms with Crippen molar-refractivity contribution in [2.45, 2.75) is 23.1 Å². The maximum atomic E-state index is 13.5. The molecule has 2 aliphatic rings. The molecule has 1 atom stereocenters. The SMILES string of the molecule is CCOc1ccc(C2/C(=C(\O)c3ccc4c(c3)OCCO4)C(=O)C(=O)N2c2nnc(SCc3ccccc3Cl)s2)cc1. The van der Waals surface area contributed by atoms with Gasteiger partial charge in [0.15, 0.2) is 15.8 Å². The lowest BCUT2D eigenvalue weighted by molar-refractivity contribution is -0.132. The fraction of sp³-hybridized carbons (Fsp3) is 0.200. The molecule has 214 valence electrons. The number of hydrogen-bond acceptors (Lipinski definition) is 10. The monoisotopic (exact) mass is 621 g/mol. The molecule has 0 aliphatic carbocycles. The van der Waals surface area contributed by atoms with Crippen LogP contribution in [0.5, 0.6) is 17.2 Å². The molecule has 9 nitrogen and oxygen atoms in total. The van der Waals surface area contributed by atoms with E-state index in [1.165, 1.54) is 28.0 Å². The predicted molar refractivity (Wildman–Crippen MR) is 161 cm³/mol. The van der Waals surface area contributed by atoms with Gasteiger partial charge in [-0.25, -0.2) is 0 Å². The number of ketones is 1. The van der Waals surface area contributed by atoms with Gasteiger partial charge in [0, 0.05) is 16.3 Å². The maximum Gasteiger partial charge on any atom is 0.301 e. The van der Waals surface area contributed by atoms with Crippen molar-refractivity contribution in [1.29, 1.82) is 0 Å². The van der Waals surface area contributed by atoms with Gasteiger partial charge in [-0.1, -0.05) is 65.0 Å². The van der Waals surface area contributed by atoms with Gasteiger partial charge in [0.1, 0.15) is 24.7 Å². The van der Waals surface area contributed by atoms with Gasteiger partial charge in [-0.3, -0.25) is 14.5 Å². The maximum absolute atomic E-state index is 13.5. The molecule has 0 saturated carbocycles. The van der Waals surface area contributed by atoms with Crippen LogP contribution < -0.4 is 19.1 Å². The number of amides is 1. The van der Waals surface area contributed by atoms with E-state index < -0.39 is 17.7 Å². The number of carbonyl (C=O) groups excluding carboxylic acids is 2. The summed E-state index contributed by atoms with van der Waals surface area (Å²) in [6.45, 7) is 3.15. The Bertz CT molecular complexity index is 1690. The highest BCUT2D eigenvalue weighted by Gasteiger charge is 2.48. The highest BCUT2D eigenvalue weighted by molar-refractivity contribution is 8.00. The number of ether oxygens (including phenoxy) is 3. The number of rotatable bonds is 8. The Morgan fingerprint density at radius 3 is 2.60 bits per heavy atom. The number of Topliss-reactive ketones (excluding diaryl/α,β-unsaturated/α-hetero) is 1. The van der Waals surface area contributed by atoms with Crippen LogP contribution in [0.4, 0.5) is 5.13 Å². The van der Waals surface area contributed by atoms with E-state index in [2.05, 4.69) is 10.2 Å². The van der Waals surface area contributed by atoms with Gasteiger partial charge in [-0.15, -0.1) is 10.2 Å². The van der Waals surface area contributed by atoms with Crippen molar-refractivity contribution in [2.24, 2.45) is 0 Å². The van der Waals surface area contributed by atoms with Gasteiger partial charge in [0.2, 0.25) is 5.13 Å². The quantitative estimate of drug-likeness (QED) is 0.0799. The summed E-state index contributed by atoms with van der Waals surface area (Å²) in [6.07, 6.45) is 0. The Balaban J connectivity index is 1.39. The van der Waals surface area contributed by atoms with Crippen LogP contribution in [0.2, 0.25) is 5.02 Å². The summed E-state index contributed by atoms with van der Waals surface area (Å²) in [5.74, 6) is 0.204. The zero-order valence-corrected chi connectivity index (χ0v) is 24.7. The van der Waals surface area contributed by atoms with Crippen LogP contribution in [0.25, 0.3) is 5.76 Å². The minimum Gasteiger partial charge on any atom is -0.507 e. The molecule has 1 aromatic heterocycles. The average molecular weight is 622 g/mol. The molecule has 2 aliphatic heterocycles. The minimum atomic E-state index is -0.955. The number of aliphatic hydroxyl groups excluding tert-OH is 1. The molecule has 1 unspecified atom stereocenters. The van der Waals surface area contributed by atoms with Crippen LogP contribution in [-0.2, 0) is 15.3 Å². The molecule has 42 heavy (non-hydrogen) atoms. The lowest BCUT2D eigenvalue weighted by Crippen LogP contribution is -2.29. The molecular weight excluding hydrogens is 598 g/mol. The summed E-state index contributed by atoms with van der Waals surface area (Å²) < 4.78 is 17.4. The third kappa shape index (κ3) is 5.42. The van der Waals surface area contributed by atoms with Gasteiger partial charge in [0.25, 0.3) is 5.78 Å². The van der Waals surface area contributed by atoms with Gasteiger partial charge in [0.05, 0.1) is 18.2 Å². The van der Waals surface area contributed by atoms with Crippen LogP contribution >= 0.6 is 34.7 Å². The molecule has 6 rings (SSSR count). The van der Waals surface area contributed by atoms with Gasteiger partial charge >= 0.3 is 5.91 Å². The number of aliphatic hydroxyl groups is 1. The van der Waals surface area contributed by atoms with E-state index in [9.17, 15) is 14.7 Å². The van der Waals surface area contributed by atoms with Crippen molar-refractivity contribution < 1.29 is 28.9 Å². The first kappa shape index (κ1) is 28.1. The second kappa shape index (κ2) is 12.0. The lowest BCUT2D eigenvalue weighted by atomic mass is 9.95. The molecule has 0 radical (unpaired) electrons. The third-order valence-electron chi connectivity index (χ3n) is 6.68. The molecule has 1 saturated heterocycles. The topological polar surface area (TPSA) is 111 Å². The number of benzene rings is 3. The standard InChI is InChI=1S/C30H24ClN3O6S2/c1-2-38-20-10-7-17(8-11-20)25-24(26(35)18-9-12-22-23(15-18)40-14-13-39-22)27(36)28(37)34(25)29-32-33-30(42-29)41-16-19-5-3-4-6-21(19)31/h3-12,15,25,35H,2,13-14,16H2,1H3/b26-24+. The number of fused-ring (bicyclic) bond motifs is 1. The first-order valence-corrected chi connectivity index (χ1v) is 15.3. The van der Waals surface area contributed by atoms with E-state index in [1.807, 2.05) is 31.2 Å². The summed E-state index contributed by atoms with van der Waals surface area (Å²) >= 11 is 8.91. The van der Waals surface area contributed by atoms with Crippen molar-refractivity contribution in [1.82, 2.24) is 10.2 Å². The number of hydrogen-bond donors (Lipinski definition) is 1. The predicted octanol–water partition coefficient (Wildman–Crippen LogP) is 6.28. The van der Waals surface area contributed by atoms with Gasteiger partial charge < -0.3 is 19.3 Å². The molecule has 0 bridgehead atoms. The first-order chi connectivity index (χ1) is 20.4. The normalized spacial score (nSPS) is 17.5. The second-order valence-electron chi connectivity index (χ2n) is 9.26. The largest absolute Gasteiger partial charge is 0.507 e. The van der Waals surface area contributed by atoms with Crippen LogP contribution in [-0.4, -0.2) is 46.8 Å². The Hall–Kier alpha value is -4.06. The van der Waals surface area contributed by atoms with Crippen molar-refractivity contribution in [3.05, 3.63) is 94.0 Å². The van der Waals surface area contributed by atoms with E-state index >= 15 is 0 Å². The van der Waals surface area contributed by atoms with Crippen LogP contribution in [0.1, 0.15) is 29.7 Å². The van der Waals surface area contributed by atoms with E-state index in [0.29, 0.717) is 63.3 Å². The first-order valence-electron chi connectivity index (χ1n) is 13.1. The van der Waals surface area contributed by atoms with Crippen molar-refractivity contribution in [2.75, 3.05) is 24.7 Å². The molecule has 0 spiro atoms. The molecule has 1 fully saturated rings. The fourth-order valence-corrected chi connectivity index (χ4v) is 6.87. The van der Waals surface area contributed by atoms with Crippen molar-refractivity contribution in [3.63, 3.8) is 0 Å². The van der Waals surface area contributed by atoms with E-state index in [4.69, 9.17) is 25.8 Å². The van der Waals surface area contributed by atoms with E-state index in [1.54, 1.807) is 42.5 Å². The number of aromatic nitrogens is 2.